The van der Waals surface area contributed by atoms with Gasteiger partial charge in [-0.15, -0.1) is 0 Å². The fraction of sp³-hybridized carbons (Fsp3) is 0.852. The Kier molecular flexibility index (Phi) is 46.6. The summed E-state index contributed by atoms with van der Waals surface area (Å²) in [6.45, 7) is 6.37. The van der Waals surface area contributed by atoms with Gasteiger partial charge in [0.25, 0.3) is 0 Å². The van der Waals surface area contributed by atoms with Gasteiger partial charge >= 0.3 is 5.97 Å². The Morgan fingerprint density at radius 3 is 1.35 bits per heavy atom. The van der Waals surface area contributed by atoms with Crippen LogP contribution in [0.4, 0.5) is 0 Å². The lowest BCUT2D eigenvalue weighted by molar-refractivity contribution is -0.151. The molecule has 0 saturated carbocycles. The largest absolute Gasteiger partial charge is 0.462 e. The molecule has 0 fully saturated rings. The van der Waals surface area contributed by atoms with E-state index < -0.39 is 18.2 Å². The molecule has 3 atom stereocenters. The zero-order valence-electron chi connectivity index (χ0n) is 40.1. The molecule has 0 aromatic heterocycles. The lowest BCUT2D eigenvalue weighted by Crippen LogP contribution is -2.46. The highest BCUT2D eigenvalue weighted by Crippen LogP contribution is 2.18. The number of allylic oxidation sites excluding steroid dienone is 6. The van der Waals surface area contributed by atoms with E-state index in [0.717, 1.165) is 57.8 Å². The molecule has 0 aliphatic rings. The van der Waals surface area contributed by atoms with E-state index in [0.29, 0.717) is 19.3 Å². The van der Waals surface area contributed by atoms with Crippen LogP contribution in [0.2, 0.25) is 0 Å². The Hall–Kier alpha value is -1.92. The predicted octanol–water partition coefficient (Wildman–Crippen LogP) is 15.7. The second kappa shape index (κ2) is 48.1. The molecular formula is C54H101NO5. The Bertz CT molecular complexity index is 993. The number of aliphatic hydroxyl groups excluding tert-OH is 2. The van der Waals surface area contributed by atoms with Crippen LogP contribution in [-0.2, 0) is 14.3 Å². The van der Waals surface area contributed by atoms with Gasteiger partial charge in [-0.1, -0.05) is 250 Å². The minimum atomic E-state index is -0.786. The number of hydrogen-bond donors (Lipinski definition) is 3. The molecule has 3 unspecified atom stereocenters. The Labute approximate surface area is 373 Å². The number of ether oxygens (including phenoxy) is 1. The summed E-state index contributed by atoms with van der Waals surface area (Å²) in [4.78, 5) is 26.2. The van der Waals surface area contributed by atoms with Gasteiger partial charge in [0.2, 0.25) is 5.91 Å². The molecule has 0 aromatic rings. The van der Waals surface area contributed by atoms with E-state index in [1.54, 1.807) is 0 Å². The molecule has 0 aliphatic heterocycles. The number of aliphatic hydroxyl groups is 2. The normalized spacial score (nSPS) is 13.5. The lowest BCUT2D eigenvalue weighted by Gasteiger charge is -2.24. The first-order chi connectivity index (χ1) is 29.5. The standard InChI is InChI=1S/C54H101NO5/c1-4-7-10-13-16-19-22-25-27-29-32-35-38-41-44-47-54(59)60-50(45-42-39-36-33-30-28-26-23-20-17-14-11-8-5-2)48-53(58)55-51(49-56)52(57)46-43-40-37-34-31-24-21-18-15-12-9-6-3/h7,10,13,16,19,22,50-52,56-57H,4-6,8-9,11-12,14-15,17-18,20-21,23-49H2,1-3H3,(H,55,58)/b10-7+,16-13+,22-19+. The molecule has 0 spiro atoms. The summed E-state index contributed by atoms with van der Waals surface area (Å²) < 4.78 is 5.94. The second-order valence-corrected chi connectivity index (χ2v) is 18.0. The van der Waals surface area contributed by atoms with Gasteiger partial charge in [0.1, 0.15) is 6.10 Å². The van der Waals surface area contributed by atoms with Crippen molar-refractivity contribution in [3.8, 4) is 0 Å². The van der Waals surface area contributed by atoms with Crippen molar-refractivity contribution in [3.05, 3.63) is 36.5 Å². The van der Waals surface area contributed by atoms with E-state index in [1.807, 2.05) is 0 Å². The van der Waals surface area contributed by atoms with E-state index in [2.05, 4.69) is 62.5 Å². The van der Waals surface area contributed by atoms with Gasteiger partial charge in [0.05, 0.1) is 25.2 Å². The smallest absolute Gasteiger partial charge is 0.306 e. The first kappa shape index (κ1) is 58.1. The van der Waals surface area contributed by atoms with Gasteiger partial charge in [-0.2, -0.15) is 0 Å². The Morgan fingerprint density at radius 1 is 0.500 bits per heavy atom. The number of carbonyl (C=O) groups excluding carboxylic acids is 2. The third kappa shape index (κ3) is 42.8. The van der Waals surface area contributed by atoms with Gasteiger partial charge < -0.3 is 20.3 Å². The molecule has 0 saturated heterocycles. The molecule has 1 amide bonds. The lowest BCUT2D eigenvalue weighted by atomic mass is 10.0. The van der Waals surface area contributed by atoms with Gasteiger partial charge in [-0.05, 0) is 44.9 Å². The van der Waals surface area contributed by atoms with Crippen molar-refractivity contribution in [2.45, 2.75) is 289 Å². The van der Waals surface area contributed by atoms with Crippen molar-refractivity contribution >= 4 is 11.9 Å². The summed E-state index contributed by atoms with van der Waals surface area (Å²) in [6.07, 6.45) is 56.3. The molecule has 3 N–H and O–H groups in total. The summed E-state index contributed by atoms with van der Waals surface area (Å²) in [5.41, 5.74) is 0. The molecule has 0 radical (unpaired) electrons. The van der Waals surface area contributed by atoms with Crippen LogP contribution in [0.25, 0.3) is 0 Å². The van der Waals surface area contributed by atoms with Crippen LogP contribution in [0.1, 0.15) is 271 Å². The SMILES string of the molecule is CC/C=C/C=C/C=C/CCCCCCCCCC(=O)OC(CCCCCCCCCCCCCCCC)CC(=O)NC(CO)C(O)CCCCCCCCCCCCCC. The summed E-state index contributed by atoms with van der Waals surface area (Å²) in [5, 5.41) is 23.8. The zero-order valence-corrected chi connectivity index (χ0v) is 40.1. The highest BCUT2D eigenvalue weighted by atomic mass is 16.5. The Balaban J connectivity index is 4.57. The number of hydrogen-bond acceptors (Lipinski definition) is 5. The van der Waals surface area contributed by atoms with Crippen LogP contribution in [0.15, 0.2) is 36.5 Å². The number of esters is 1. The number of rotatable bonds is 47. The Morgan fingerprint density at radius 2 is 0.900 bits per heavy atom. The van der Waals surface area contributed by atoms with Crippen molar-refractivity contribution in [2.24, 2.45) is 0 Å². The molecule has 6 nitrogen and oxygen atoms in total. The highest BCUT2D eigenvalue weighted by Gasteiger charge is 2.24. The first-order valence-electron chi connectivity index (χ1n) is 26.2. The van der Waals surface area contributed by atoms with Gasteiger partial charge in [-0.3, -0.25) is 9.59 Å². The maximum Gasteiger partial charge on any atom is 0.306 e. The van der Waals surface area contributed by atoms with E-state index in [4.69, 9.17) is 4.74 Å². The summed E-state index contributed by atoms with van der Waals surface area (Å²) in [5.74, 6) is -0.475. The van der Waals surface area contributed by atoms with Crippen molar-refractivity contribution in [3.63, 3.8) is 0 Å². The number of carbonyl (C=O) groups is 2. The maximum atomic E-state index is 13.2. The van der Waals surface area contributed by atoms with Crippen molar-refractivity contribution < 1.29 is 24.5 Å². The van der Waals surface area contributed by atoms with Crippen LogP contribution in [0.3, 0.4) is 0 Å². The van der Waals surface area contributed by atoms with E-state index in [9.17, 15) is 19.8 Å². The molecule has 0 bridgehead atoms. The van der Waals surface area contributed by atoms with E-state index >= 15 is 0 Å². The van der Waals surface area contributed by atoms with E-state index in [-0.39, 0.29) is 24.9 Å². The molecule has 0 rings (SSSR count). The molecule has 60 heavy (non-hydrogen) atoms. The minimum absolute atomic E-state index is 0.0768. The third-order valence-electron chi connectivity index (χ3n) is 12.0. The van der Waals surface area contributed by atoms with Crippen LogP contribution >= 0.6 is 0 Å². The number of nitrogens with one attached hydrogen (secondary N) is 1. The van der Waals surface area contributed by atoms with E-state index in [1.165, 1.54) is 167 Å². The summed E-state index contributed by atoms with van der Waals surface area (Å²) in [7, 11) is 0. The quantitative estimate of drug-likeness (QED) is 0.0322. The van der Waals surface area contributed by atoms with Crippen molar-refractivity contribution in [2.75, 3.05) is 6.61 Å². The van der Waals surface area contributed by atoms with Crippen LogP contribution in [0, 0.1) is 0 Å². The van der Waals surface area contributed by atoms with Crippen LogP contribution < -0.4 is 5.32 Å². The molecule has 6 heteroatoms. The molecule has 352 valence electrons. The summed E-state index contributed by atoms with van der Waals surface area (Å²) >= 11 is 0. The van der Waals surface area contributed by atoms with Gasteiger partial charge in [-0.25, -0.2) is 0 Å². The first-order valence-corrected chi connectivity index (χ1v) is 26.2. The van der Waals surface area contributed by atoms with Crippen LogP contribution in [0.5, 0.6) is 0 Å². The minimum Gasteiger partial charge on any atom is -0.462 e. The number of amides is 1. The monoisotopic (exact) mass is 844 g/mol. The van der Waals surface area contributed by atoms with Crippen molar-refractivity contribution in [1.29, 1.82) is 0 Å². The zero-order chi connectivity index (χ0) is 43.8. The highest BCUT2D eigenvalue weighted by molar-refractivity contribution is 5.77. The number of unbranched alkanes of at least 4 members (excludes halogenated alkanes) is 31. The molecule has 0 aliphatic carbocycles. The second-order valence-electron chi connectivity index (χ2n) is 18.0. The average molecular weight is 844 g/mol. The molecular weight excluding hydrogens is 743 g/mol. The average Bonchev–Trinajstić information content (AvgIpc) is 3.24. The van der Waals surface area contributed by atoms with Gasteiger partial charge in [0.15, 0.2) is 0 Å². The fourth-order valence-electron chi connectivity index (χ4n) is 8.08. The maximum absolute atomic E-state index is 13.2. The summed E-state index contributed by atoms with van der Waals surface area (Å²) in [6, 6.07) is -0.700. The predicted molar refractivity (Wildman–Crippen MR) is 259 cm³/mol. The molecule has 0 heterocycles. The van der Waals surface area contributed by atoms with Crippen molar-refractivity contribution in [1.82, 2.24) is 5.32 Å². The fourth-order valence-corrected chi connectivity index (χ4v) is 8.08. The topological polar surface area (TPSA) is 95.9 Å². The van der Waals surface area contributed by atoms with Gasteiger partial charge in [0, 0.05) is 6.42 Å². The molecule has 0 aromatic carbocycles. The third-order valence-corrected chi connectivity index (χ3v) is 12.0. The van der Waals surface area contributed by atoms with Crippen LogP contribution in [-0.4, -0.2) is 46.9 Å².